The molecule has 0 saturated heterocycles. The molecule has 0 radical (unpaired) electrons. The second-order valence-electron chi connectivity index (χ2n) is 5.38. The van der Waals surface area contributed by atoms with Crippen molar-refractivity contribution >= 4 is 24.0 Å². The van der Waals surface area contributed by atoms with Crippen LogP contribution in [0.15, 0.2) is 48.5 Å². The third kappa shape index (κ3) is 5.06. The molecule has 1 amide bonds. The summed E-state index contributed by atoms with van der Waals surface area (Å²) in [5.74, 6) is -0.230. The van der Waals surface area contributed by atoms with Crippen molar-refractivity contribution in [3.8, 4) is 0 Å². The number of carbonyl (C=O) groups excluding carboxylic acids is 1. The number of anilines is 1. The van der Waals surface area contributed by atoms with Gasteiger partial charge in [-0.3, -0.25) is 4.79 Å². The quantitative estimate of drug-likeness (QED) is 0.875. The summed E-state index contributed by atoms with van der Waals surface area (Å²) in [6, 6.07) is 14.5. The van der Waals surface area contributed by atoms with Crippen molar-refractivity contribution in [2.75, 3.05) is 12.4 Å². The lowest BCUT2D eigenvalue weighted by molar-refractivity contribution is -0.117. The maximum atomic E-state index is 12.3. The van der Waals surface area contributed by atoms with E-state index in [1.165, 1.54) is 0 Å². The average molecular weight is 335 g/mol. The SMILES string of the molecule is COC(C)c1cccc(NC(=O)C(N)c2ccc(C)cc2)c1.Cl. The van der Waals surface area contributed by atoms with Crippen LogP contribution in [0, 0.1) is 6.92 Å². The summed E-state index contributed by atoms with van der Waals surface area (Å²) in [5, 5.41) is 2.85. The Morgan fingerprint density at radius 1 is 1.13 bits per heavy atom. The minimum absolute atomic E-state index is 0. The maximum absolute atomic E-state index is 12.3. The Bertz CT molecular complexity index is 644. The molecule has 23 heavy (non-hydrogen) atoms. The highest BCUT2D eigenvalue weighted by Crippen LogP contribution is 2.21. The fourth-order valence-corrected chi connectivity index (χ4v) is 2.15. The largest absolute Gasteiger partial charge is 0.377 e. The smallest absolute Gasteiger partial charge is 0.245 e. The highest BCUT2D eigenvalue weighted by molar-refractivity contribution is 5.95. The van der Waals surface area contributed by atoms with Crippen LogP contribution >= 0.6 is 12.4 Å². The Morgan fingerprint density at radius 2 is 1.78 bits per heavy atom. The molecule has 0 aliphatic carbocycles. The van der Waals surface area contributed by atoms with Crippen LogP contribution in [0.1, 0.15) is 35.8 Å². The van der Waals surface area contributed by atoms with Crippen LogP contribution in [0.25, 0.3) is 0 Å². The highest BCUT2D eigenvalue weighted by atomic mass is 35.5. The van der Waals surface area contributed by atoms with E-state index in [1.807, 2.05) is 62.4 Å². The van der Waals surface area contributed by atoms with Crippen molar-refractivity contribution in [1.82, 2.24) is 0 Å². The monoisotopic (exact) mass is 334 g/mol. The van der Waals surface area contributed by atoms with Gasteiger partial charge >= 0.3 is 0 Å². The number of carbonyl (C=O) groups is 1. The Balaban J connectivity index is 0.00000264. The van der Waals surface area contributed by atoms with E-state index < -0.39 is 6.04 Å². The van der Waals surface area contributed by atoms with Crippen molar-refractivity contribution in [1.29, 1.82) is 0 Å². The van der Waals surface area contributed by atoms with Crippen LogP contribution in [0.2, 0.25) is 0 Å². The number of methoxy groups -OCH3 is 1. The topological polar surface area (TPSA) is 64.3 Å². The molecule has 3 N–H and O–H groups in total. The van der Waals surface area contributed by atoms with E-state index >= 15 is 0 Å². The van der Waals surface area contributed by atoms with E-state index in [0.717, 1.165) is 16.7 Å². The summed E-state index contributed by atoms with van der Waals surface area (Å²) >= 11 is 0. The molecule has 0 saturated carbocycles. The first kappa shape index (κ1) is 19.2. The van der Waals surface area contributed by atoms with Gasteiger partial charge in [-0.05, 0) is 37.1 Å². The molecule has 2 aromatic rings. The number of nitrogens with one attached hydrogen (secondary N) is 1. The zero-order chi connectivity index (χ0) is 16.1. The predicted molar refractivity (Wildman–Crippen MR) is 95.9 cm³/mol. The van der Waals surface area contributed by atoms with Crippen molar-refractivity contribution in [2.45, 2.75) is 26.0 Å². The fraction of sp³-hybridized carbons (Fsp3) is 0.278. The van der Waals surface area contributed by atoms with Gasteiger partial charge in [0.15, 0.2) is 0 Å². The number of amides is 1. The molecule has 0 bridgehead atoms. The molecule has 2 atom stereocenters. The van der Waals surface area contributed by atoms with E-state index in [9.17, 15) is 4.79 Å². The number of halogens is 1. The average Bonchev–Trinajstić information content (AvgIpc) is 2.54. The van der Waals surface area contributed by atoms with Crippen molar-refractivity contribution in [2.24, 2.45) is 5.73 Å². The molecule has 4 nitrogen and oxygen atoms in total. The number of aryl methyl sites for hydroxylation is 1. The van der Waals surface area contributed by atoms with Gasteiger partial charge in [-0.2, -0.15) is 0 Å². The number of rotatable bonds is 5. The molecule has 5 heteroatoms. The second kappa shape index (κ2) is 8.67. The second-order valence-corrected chi connectivity index (χ2v) is 5.38. The summed E-state index contributed by atoms with van der Waals surface area (Å²) in [4.78, 5) is 12.3. The Morgan fingerprint density at radius 3 is 2.39 bits per heavy atom. The van der Waals surface area contributed by atoms with Crippen LogP contribution in [0.5, 0.6) is 0 Å². The van der Waals surface area contributed by atoms with Gasteiger partial charge in [0.1, 0.15) is 6.04 Å². The summed E-state index contributed by atoms with van der Waals surface area (Å²) in [6.07, 6.45) is -0.0253. The van der Waals surface area contributed by atoms with Gasteiger partial charge in [0.05, 0.1) is 6.10 Å². The lowest BCUT2D eigenvalue weighted by Crippen LogP contribution is -2.27. The van der Waals surface area contributed by atoms with E-state index in [4.69, 9.17) is 10.5 Å². The Labute approximate surface area is 143 Å². The summed E-state index contributed by atoms with van der Waals surface area (Å²) in [5.41, 5.74) is 9.68. The molecule has 0 aliphatic rings. The van der Waals surface area contributed by atoms with Crippen molar-refractivity contribution < 1.29 is 9.53 Å². The fourth-order valence-electron chi connectivity index (χ4n) is 2.15. The van der Waals surface area contributed by atoms with Gasteiger partial charge in [0.2, 0.25) is 5.91 Å². The van der Waals surface area contributed by atoms with Gasteiger partial charge in [0.25, 0.3) is 0 Å². The summed E-state index contributed by atoms with van der Waals surface area (Å²) in [6.45, 7) is 3.96. The first-order chi connectivity index (χ1) is 10.5. The van der Waals surface area contributed by atoms with Crippen LogP contribution in [-0.2, 0) is 9.53 Å². The summed E-state index contributed by atoms with van der Waals surface area (Å²) in [7, 11) is 1.66. The molecule has 0 spiro atoms. The zero-order valence-corrected chi connectivity index (χ0v) is 14.4. The third-order valence-electron chi connectivity index (χ3n) is 3.70. The number of hydrogen-bond donors (Lipinski definition) is 2. The lowest BCUT2D eigenvalue weighted by atomic mass is 10.0. The van der Waals surface area contributed by atoms with E-state index in [-0.39, 0.29) is 24.4 Å². The lowest BCUT2D eigenvalue weighted by Gasteiger charge is -2.15. The molecule has 2 rings (SSSR count). The number of hydrogen-bond acceptors (Lipinski definition) is 3. The number of nitrogens with two attached hydrogens (primary N) is 1. The van der Waals surface area contributed by atoms with Gasteiger partial charge in [-0.25, -0.2) is 0 Å². The zero-order valence-electron chi connectivity index (χ0n) is 13.6. The van der Waals surface area contributed by atoms with Gasteiger partial charge in [0, 0.05) is 12.8 Å². The number of ether oxygens (including phenoxy) is 1. The normalized spacial score (nSPS) is 12.9. The van der Waals surface area contributed by atoms with Crippen LogP contribution in [0.3, 0.4) is 0 Å². The number of benzene rings is 2. The van der Waals surface area contributed by atoms with Crippen LogP contribution in [-0.4, -0.2) is 13.0 Å². The van der Waals surface area contributed by atoms with E-state index in [1.54, 1.807) is 7.11 Å². The first-order valence-corrected chi connectivity index (χ1v) is 7.27. The van der Waals surface area contributed by atoms with E-state index in [2.05, 4.69) is 5.32 Å². The molecule has 0 heterocycles. The Kier molecular flexibility index (Phi) is 7.23. The molecule has 0 aliphatic heterocycles. The highest BCUT2D eigenvalue weighted by Gasteiger charge is 2.16. The van der Waals surface area contributed by atoms with Gasteiger partial charge < -0.3 is 15.8 Å². The van der Waals surface area contributed by atoms with Crippen molar-refractivity contribution in [3.63, 3.8) is 0 Å². The molecule has 124 valence electrons. The van der Waals surface area contributed by atoms with Crippen LogP contribution < -0.4 is 11.1 Å². The van der Waals surface area contributed by atoms with Crippen LogP contribution in [0.4, 0.5) is 5.69 Å². The van der Waals surface area contributed by atoms with Crippen molar-refractivity contribution in [3.05, 3.63) is 65.2 Å². The van der Waals surface area contributed by atoms with Gasteiger partial charge in [-0.1, -0.05) is 42.0 Å². The van der Waals surface area contributed by atoms with E-state index in [0.29, 0.717) is 5.69 Å². The third-order valence-corrected chi connectivity index (χ3v) is 3.70. The molecule has 2 unspecified atom stereocenters. The molecular formula is C18H23ClN2O2. The molecule has 2 aromatic carbocycles. The van der Waals surface area contributed by atoms with Gasteiger partial charge in [-0.15, -0.1) is 12.4 Å². The Hall–Kier alpha value is -1.88. The minimum Gasteiger partial charge on any atom is -0.377 e. The molecule has 0 aromatic heterocycles. The molecular weight excluding hydrogens is 312 g/mol. The summed E-state index contributed by atoms with van der Waals surface area (Å²) < 4.78 is 5.29. The first-order valence-electron chi connectivity index (χ1n) is 7.27. The standard InChI is InChI=1S/C18H22N2O2.ClH/c1-12-7-9-14(10-8-12)17(19)18(21)20-16-6-4-5-15(11-16)13(2)22-3;/h4-11,13,17H,19H2,1-3H3,(H,20,21);1H. The predicted octanol–water partition coefficient (Wildman–Crippen LogP) is 3.76. The molecule has 0 fully saturated rings. The maximum Gasteiger partial charge on any atom is 0.245 e. The minimum atomic E-state index is -0.691.